The van der Waals surface area contributed by atoms with E-state index in [1.54, 1.807) is 0 Å². The summed E-state index contributed by atoms with van der Waals surface area (Å²) in [6.45, 7) is 12.6. The average Bonchev–Trinajstić information content (AvgIpc) is 2.45. The van der Waals surface area contributed by atoms with Gasteiger partial charge in [-0.05, 0) is 46.4 Å². The van der Waals surface area contributed by atoms with Crippen LogP contribution in [0, 0.1) is 0 Å². The van der Waals surface area contributed by atoms with E-state index in [0.717, 1.165) is 37.7 Å². The minimum atomic E-state index is 0.103. The van der Waals surface area contributed by atoms with Gasteiger partial charge in [0.25, 0.3) is 0 Å². The lowest BCUT2D eigenvalue weighted by Gasteiger charge is -2.39. The first kappa shape index (κ1) is 16.2. The van der Waals surface area contributed by atoms with Crippen molar-refractivity contribution in [3.8, 4) is 0 Å². The van der Waals surface area contributed by atoms with E-state index < -0.39 is 0 Å². The minimum absolute atomic E-state index is 0.103. The predicted octanol–water partition coefficient (Wildman–Crippen LogP) is 1.90. The van der Waals surface area contributed by atoms with Gasteiger partial charge in [-0.2, -0.15) is 5.10 Å². The Morgan fingerprint density at radius 3 is 2.57 bits per heavy atom. The van der Waals surface area contributed by atoms with Gasteiger partial charge >= 0.3 is 0 Å². The molecule has 0 aliphatic carbocycles. The van der Waals surface area contributed by atoms with Gasteiger partial charge < -0.3 is 10.2 Å². The molecule has 1 aliphatic heterocycles. The maximum atomic E-state index is 4.41. The quantitative estimate of drug-likeness (QED) is 0.918. The molecule has 0 spiro atoms. The molecule has 0 amide bonds. The smallest absolute Gasteiger partial charge is 0.151 e. The maximum absolute atomic E-state index is 4.41. The van der Waals surface area contributed by atoms with Crippen LogP contribution in [0.25, 0.3) is 0 Å². The Morgan fingerprint density at radius 2 is 2.00 bits per heavy atom. The van der Waals surface area contributed by atoms with E-state index in [9.17, 15) is 0 Å². The van der Waals surface area contributed by atoms with Gasteiger partial charge in [0.05, 0.1) is 5.69 Å². The fourth-order valence-corrected chi connectivity index (χ4v) is 2.57. The van der Waals surface area contributed by atoms with Crippen molar-refractivity contribution in [1.82, 2.24) is 20.4 Å². The van der Waals surface area contributed by atoms with Gasteiger partial charge in [0.15, 0.2) is 5.82 Å². The van der Waals surface area contributed by atoms with Crippen molar-refractivity contribution in [2.45, 2.75) is 52.2 Å². The van der Waals surface area contributed by atoms with E-state index in [1.807, 2.05) is 0 Å². The molecule has 2 heterocycles. The SMILES string of the molecule is CCC1CN(c2ccc(CNC(C)(C)C)nn2)CCN1C. The van der Waals surface area contributed by atoms with Crippen molar-refractivity contribution in [2.24, 2.45) is 0 Å². The van der Waals surface area contributed by atoms with Crippen LogP contribution in [0.4, 0.5) is 5.82 Å². The Kier molecular flexibility index (Phi) is 5.17. The van der Waals surface area contributed by atoms with E-state index >= 15 is 0 Å². The molecular weight excluding hydrogens is 262 g/mol. The summed E-state index contributed by atoms with van der Waals surface area (Å²) in [5.74, 6) is 1.00. The third-order valence-electron chi connectivity index (χ3n) is 4.08. The number of piperazine rings is 1. The zero-order valence-corrected chi connectivity index (χ0v) is 14.1. The highest BCUT2D eigenvalue weighted by atomic mass is 15.3. The molecule has 1 unspecified atom stereocenters. The number of likely N-dealkylation sites (N-methyl/N-ethyl adjacent to an activating group) is 1. The number of aromatic nitrogens is 2. The highest BCUT2D eigenvalue weighted by Crippen LogP contribution is 2.17. The van der Waals surface area contributed by atoms with E-state index in [1.165, 1.54) is 6.42 Å². The molecule has 0 aromatic carbocycles. The highest BCUT2D eigenvalue weighted by molar-refractivity contribution is 5.38. The lowest BCUT2D eigenvalue weighted by molar-refractivity contribution is 0.212. The molecule has 21 heavy (non-hydrogen) atoms. The summed E-state index contributed by atoms with van der Waals surface area (Å²) in [5.41, 5.74) is 1.10. The van der Waals surface area contributed by atoms with Crippen molar-refractivity contribution < 1.29 is 0 Å². The minimum Gasteiger partial charge on any atom is -0.352 e. The van der Waals surface area contributed by atoms with Crippen molar-refractivity contribution in [1.29, 1.82) is 0 Å². The molecule has 1 aromatic rings. The Bertz CT molecular complexity index is 437. The fraction of sp³-hybridized carbons (Fsp3) is 0.750. The van der Waals surface area contributed by atoms with Crippen LogP contribution in [-0.2, 0) is 6.54 Å². The van der Waals surface area contributed by atoms with Gasteiger partial charge in [-0.15, -0.1) is 5.10 Å². The maximum Gasteiger partial charge on any atom is 0.151 e. The van der Waals surface area contributed by atoms with Gasteiger partial charge in [-0.3, -0.25) is 4.90 Å². The third kappa shape index (κ3) is 4.64. The number of nitrogens with zero attached hydrogens (tertiary/aromatic N) is 4. The second kappa shape index (κ2) is 6.71. The molecule has 1 aromatic heterocycles. The van der Waals surface area contributed by atoms with Crippen LogP contribution in [0.5, 0.6) is 0 Å². The van der Waals surface area contributed by atoms with Crippen LogP contribution in [0.2, 0.25) is 0 Å². The predicted molar refractivity (Wildman–Crippen MR) is 87.5 cm³/mol. The lowest BCUT2D eigenvalue weighted by Crippen LogP contribution is -2.51. The summed E-state index contributed by atoms with van der Waals surface area (Å²) in [5, 5.41) is 12.2. The van der Waals surface area contributed by atoms with Gasteiger partial charge in [-0.1, -0.05) is 6.92 Å². The van der Waals surface area contributed by atoms with E-state index in [-0.39, 0.29) is 5.54 Å². The zero-order chi connectivity index (χ0) is 15.5. The van der Waals surface area contributed by atoms with Crippen LogP contribution < -0.4 is 10.2 Å². The van der Waals surface area contributed by atoms with Crippen LogP contribution >= 0.6 is 0 Å². The molecule has 0 saturated carbocycles. The number of hydrogen-bond donors (Lipinski definition) is 1. The normalized spacial score (nSPS) is 20.8. The standard InChI is InChI=1S/C16H29N5/c1-6-14-12-21(10-9-20(14)5)15-8-7-13(18-19-15)11-17-16(2,3)4/h7-8,14,17H,6,9-12H2,1-5H3. The molecule has 118 valence electrons. The topological polar surface area (TPSA) is 44.3 Å². The van der Waals surface area contributed by atoms with E-state index in [0.29, 0.717) is 6.04 Å². The Labute approximate surface area is 128 Å². The van der Waals surface area contributed by atoms with Gasteiger partial charge in [0, 0.05) is 37.8 Å². The second-order valence-corrected chi connectivity index (χ2v) is 6.98. The summed E-state index contributed by atoms with van der Waals surface area (Å²) < 4.78 is 0. The largest absolute Gasteiger partial charge is 0.352 e. The van der Waals surface area contributed by atoms with E-state index in [4.69, 9.17) is 0 Å². The molecule has 1 saturated heterocycles. The lowest BCUT2D eigenvalue weighted by atomic mass is 10.1. The summed E-state index contributed by atoms with van der Waals surface area (Å²) >= 11 is 0. The fourth-order valence-electron chi connectivity index (χ4n) is 2.57. The highest BCUT2D eigenvalue weighted by Gasteiger charge is 2.23. The van der Waals surface area contributed by atoms with Gasteiger partial charge in [-0.25, -0.2) is 0 Å². The molecule has 5 nitrogen and oxygen atoms in total. The average molecular weight is 291 g/mol. The first-order chi connectivity index (χ1) is 9.89. The molecule has 1 fully saturated rings. The van der Waals surface area contributed by atoms with E-state index in [2.05, 4.69) is 72.2 Å². The molecule has 2 rings (SSSR count). The molecule has 5 heteroatoms. The first-order valence-electron chi connectivity index (χ1n) is 7.92. The van der Waals surface area contributed by atoms with Gasteiger partial charge in [0.1, 0.15) is 0 Å². The number of anilines is 1. The zero-order valence-electron chi connectivity index (χ0n) is 14.1. The number of hydrogen-bond acceptors (Lipinski definition) is 5. The molecule has 1 N–H and O–H groups in total. The molecule has 0 radical (unpaired) electrons. The summed E-state index contributed by atoms with van der Waals surface area (Å²) in [7, 11) is 2.21. The number of nitrogens with one attached hydrogen (secondary N) is 1. The molecule has 1 aliphatic rings. The van der Waals surface area contributed by atoms with Crippen molar-refractivity contribution in [2.75, 3.05) is 31.6 Å². The van der Waals surface area contributed by atoms with Crippen molar-refractivity contribution >= 4 is 5.82 Å². The Balaban J connectivity index is 1.96. The monoisotopic (exact) mass is 291 g/mol. The Morgan fingerprint density at radius 1 is 1.24 bits per heavy atom. The third-order valence-corrected chi connectivity index (χ3v) is 4.08. The summed E-state index contributed by atoms with van der Waals surface area (Å²) in [6, 6.07) is 4.80. The molecule has 1 atom stereocenters. The molecular formula is C16H29N5. The van der Waals surface area contributed by atoms with Crippen LogP contribution in [-0.4, -0.2) is 53.4 Å². The van der Waals surface area contributed by atoms with Gasteiger partial charge in [0.2, 0.25) is 0 Å². The van der Waals surface area contributed by atoms with Crippen LogP contribution in [0.15, 0.2) is 12.1 Å². The summed E-state index contributed by atoms with van der Waals surface area (Å²) in [6.07, 6.45) is 1.17. The second-order valence-electron chi connectivity index (χ2n) is 6.98. The summed E-state index contributed by atoms with van der Waals surface area (Å²) in [4.78, 5) is 4.79. The van der Waals surface area contributed by atoms with Crippen LogP contribution in [0.1, 0.15) is 39.8 Å². The first-order valence-corrected chi connectivity index (χ1v) is 7.92. The molecule has 0 bridgehead atoms. The Hall–Kier alpha value is -1.20. The number of rotatable bonds is 4. The van der Waals surface area contributed by atoms with Crippen LogP contribution in [0.3, 0.4) is 0 Å². The van der Waals surface area contributed by atoms with Crippen molar-refractivity contribution in [3.05, 3.63) is 17.8 Å². The van der Waals surface area contributed by atoms with Crippen molar-refractivity contribution in [3.63, 3.8) is 0 Å².